The Labute approximate surface area is 103 Å². The third kappa shape index (κ3) is 2.09. The van der Waals surface area contributed by atoms with E-state index in [9.17, 15) is 18.0 Å². The van der Waals surface area contributed by atoms with Crippen LogP contribution in [0.3, 0.4) is 0 Å². The first-order valence-corrected chi connectivity index (χ1v) is 5.49. The standard InChI is InChI=1S/C11H7BrF3NO/c1-5-2-3-6(12)9-7(17)4-8(11(13,14)15)16-10(5)9/h2-4H,1H3,(H,16,17). The fraction of sp³-hybridized carbons (Fsp3) is 0.182. The minimum atomic E-state index is -4.55. The molecule has 0 bridgehead atoms. The highest BCUT2D eigenvalue weighted by Crippen LogP contribution is 2.30. The van der Waals surface area contributed by atoms with E-state index >= 15 is 0 Å². The zero-order chi connectivity index (χ0) is 12.8. The van der Waals surface area contributed by atoms with Gasteiger partial charge in [0.05, 0.1) is 10.9 Å². The highest BCUT2D eigenvalue weighted by molar-refractivity contribution is 9.10. The van der Waals surface area contributed by atoms with Crippen LogP contribution in [0.15, 0.2) is 27.5 Å². The molecule has 0 spiro atoms. The van der Waals surface area contributed by atoms with Gasteiger partial charge in [-0.3, -0.25) is 4.79 Å². The van der Waals surface area contributed by atoms with Gasteiger partial charge in [0, 0.05) is 10.5 Å². The molecule has 0 aliphatic rings. The Kier molecular flexibility index (Phi) is 2.77. The quantitative estimate of drug-likeness (QED) is 0.792. The van der Waals surface area contributed by atoms with Gasteiger partial charge in [-0.1, -0.05) is 6.07 Å². The number of H-pyrrole nitrogens is 1. The second kappa shape index (κ2) is 3.87. The maximum atomic E-state index is 12.5. The molecule has 2 rings (SSSR count). The third-order valence-electron chi connectivity index (χ3n) is 2.45. The first-order valence-electron chi connectivity index (χ1n) is 4.70. The Morgan fingerprint density at radius 2 is 1.94 bits per heavy atom. The van der Waals surface area contributed by atoms with Gasteiger partial charge in [0.25, 0.3) is 0 Å². The van der Waals surface area contributed by atoms with Gasteiger partial charge in [0.1, 0.15) is 5.69 Å². The van der Waals surface area contributed by atoms with Gasteiger partial charge in [0.15, 0.2) is 5.43 Å². The van der Waals surface area contributed by atoms with Crippen molar-refractivity contribution in [3.63, 3.8) is 0 Å². The lowest BCUT2D eigenvalue weighted by Gasteiger charge is -2.10. The summed E-state index contributed by atoms with van der Waals surface area (Å²) in [6.07, 6.45) is -4.55. The minimum Gasteiger partial charge on any atom is -0.351 e. The predicted molar refractivity (Wildman–Crippen MR) is 62.0 cm³/mol. The number of aromatic amines is 1. The van der Waals surface area contributed by atoms with Crippen LogP contribution in [0.2, 0.25) is 0 Å². The van der Waals surface area contributed by atoms with E-state index in [0.29, 0.717) is 16.1 Å². The van der Waals surface area contributed by atoms with E-state index < -0.39 is 17.3 Å². The van der Waals surface area contributed by atoms with E-state index in [1.165, 1.54) is 0 Å². The Morgan fingerprint density at radius 1 is 1.29 bits per heavy atom. The Hall–Kier alpha value is -1.30. The van der Waals surface area contributed by atoms with E-state index in [4.69, 9.17) is 0 Å². The van der Waals surface area contributed by atoms with Crippen molar-refractivity contribution >= 4 is 26.8 Å². The second-order valence-corrected chi connectivity index (χ2v) is 4.51. The van der Waals surface area contributed by atoms with Gasteiger partial charge in [-0.25, -0.2) is 0 Å². The van der Waals surface area contributed by atoms with Gasteiger partial charge < -0.3 is 4.98 Å². The van der Waals surface area contributed by atoms with Crippen molar-refractivity contribution in [1.82, 2.24) is 4.98 Å². The van der Waals surface area contributed by atoms with Gasteiger partial charge in [-0.15, -0.1) is 0 Å². The summed E-state index contributed by atoms with van der Waals surface area (Å²) in [6, 6.07) is 3.86. The number of pyridine rings is 1. The summed E-state index contributed by atoms with van der Waals surface area (Å²) in [5, 5.41) is 0.234. The molecule has 0 aliphatic carbocycles. The van der Waals surface area contributed by atoms with Crippen LogP contribution in [0.25, 0.3) is 10.9 Å². The normalized spacial score (nSPS) is 12.1. The van der Waals surface area contributed by atoms with Crippen LogP contribution in [-0.4, -0.2) is 4.98 Å². The molecule has 0 amide bonds. The lowest BCUT2D eigenvalue weighted by molar-refractivity contribution is -0.141. The summed E-state index contributed by atoms with van der Waals surface area (Å²) in [4.78, 5) is 13.9. The number of halogens is 4. The van der Waals surface area contributed by atoms with E-state index in [2.05, 4.69) is 20.9 Å². The molecule has 0 saturated carbocycles. The molecule has 1 heterocycles. The molecule has 1 N–H and O–H groups in total. The van der Waals surface area contributed by atoms with Crippen LogP contribution in [-0.2, 0) is 6.18 Å². The van der Waals surface area contributed by atoms with E-state index in [-0.39, 0.29) is 10.9 Å². The summed E-state index contributed by atoms with van der Waals surface area (Å²) >= 11 is 3.16. The first-order chi connectivity index (χ1) is 7.80. The van der Waals surface area contributed by atoms with Gasteiger partial charge >= 0.3 is 6.18 Å². The first kappa shape index (κ1) is 12.2. The molecule has 0 unspecified atom stereocenters. The molecule has 0 radical (unpaired) electrons. The van der Waals surface area contributed by atoms with Gasteiger partial charge in [-0.2, -0.15) is 13.2 Å². The molecule has 1 aromatic heterocycles. The lowest BCUT2D eigenvalue weighted by atomic mass is 10.1. The van der Waals surface area contributed by atoms with Crippen molar-refractivity contribution in [3.8, 4) is 0 Å². The number of alkyl halides is 3. The van der Waals surface area contributed by atoms with Crippen molar-refractivity contribution in [3.05, 3.63) is 44.2 Å². The van der Waals surface area contributed by atoms with Crippen molar-refractivity contribution in [1.29, 1.82) is 0 Å². The Morgan fingerprint density at radius 3 is 2.53 bits per heavy atom. The minimum absolute atomic E-state index is 0.208. The van der Waals surface area contributed by atoms with E-state index in [0.717, 1.165) is 0 Å². The lowest BCUT2D eigenvalue weighted by Crippen LogP contribution is -2.14. The highest BCUT2D eigenvalue weighted by atomic mass is 79.9. The van der Waals surface area contributed by atoms with Crippen molar-refractivity contribution in [2.24, 2.45) is 0 Å². The number of aryl methyl sites for hydroxylation is 1. The summed E-state index contributed by atoms with van der Waals surface area (Å²) < 4.78 is 38.1. The Balaban J connectivity index is 2.92. The fourth-order valence-corrected chi connectivity index (χ4v) is 2.14. The molecule has 1 aromatic carbocycles. The number of fused-ring (bicyclic) bond motifs is 1. The monoisotopic (exact) mass is 305 g/mol. The maximum Gasteiger partial charge on any atom is 0.431 e. The smallest absolute Gasteiger partial charge is 0.351 e. The van der Waals surface area contributed by atoms with Crippen LogP contribution >= 0.6 is 15.9 Å². The van der Waals surface area contributed by atoms with Crippen LogP contribution in [0.1, 0.15) is 11.3 Å². The SMILES string of the molecule is Cc1ccc(Br)c2c(=O)cc(C(F)(F)F)[nH]c12. The zero-order valence-electron chi connectivity index (χ0n) is 8.65. The summed E-state index contributed by atoms with van der Waals surface area (Å²) in [5.74, 6) is 0. The number of rotatable bonds is 0. The molecule has 17 heavy (non-hydrogen) atoms. The second-order valence-electron chi connectivity index (χ2n) is 3.66. The van der Waals surface area contributed by atoms with Crippen LogP contribution in [0, 0.1) is 6.92 Å². The molecule has 6 heteroatoms. The Bertz CT molecular complexity index is 645. The van der Waals surface area contributed by atoms with Crippen molar-refractivity contribution < 1.29 is 13.2 Å². The van der Waals surface area contributed by atoms with Gasteiger partial charge in [0.2, 0.25) is 0 Å². The summed E-state index contributed by atoms with van der Waals surface area (Å²) in [6.45, 7) is 1.64. The van der Waals surface area contributed by atoms with Crippen LogP contribution in [0.5, 0.6) is 0 Å². The van der Waals surface area contributed by atoms with Crippen LogP contribution in [0.4, 0.5) is 13.2 Å². The third-order valence-corrected chi connectivity index (χ3v) is 3.11. The molecule has 2 nitrogen and oxygen atoms in total. The number of hydrogen-bond acceptors (Lipinski definition) is 1. The summed E-state index contributed by atoms with van der Waals surface area (Å²) in [7, 11) is 0. The molecule has 0 aliphatic heterocycles. The molecule has 2 aromatic rings. The maximum absolute atomic E-state index is 12.5. The van der Waals surface area contributed by atoms with Crippen LogP contribution < -0.4 is 5.43 Å². The number of benzene rings is 1. The fourth-order valence-electron chi connectivity index (χ4n) is 1.61. The highest BCUT2D eigenvalue weighted by Gasteiger charge is 2.32. The molecule has 0 fully saturated rings. The van der Waals surface area contributed by atoms with Crippen molar-refractivity contribution in [2.45, 2.75) is 13.1 Å². The molecular weight excluding hydrogens is 299 g/mol. The topological polar surface area (TPSA) is 32.9 Å². The zero-order valence-corrected chi connectivity index (χ0v) is 10.2. The average Bonchev–Trinajstić information content (AvgIpc) is 2.21. The molecule has 0 atom stereocenters. The number of hydrogen-bond donors (Lipinski definition) is 1. The van der Waals surface area contributed by atoms with E-state index in [1.807, 2.05) is 0 Å². The molecular formula is C11H7BrF3NO. The number of nitrogens with one attached hydrogen (secondary N) is 1. The summed E-state index contributed by atoms with van der Waals surface area (Å²) in [5.41, 5.74) is -0.886. The average molecular weight is 306 g/mol. The molecule has 0 saturated heterocycles. The predicted octanol–water partition coefficient (Wildman–Crippen LogP) is 3.62. The van der Waals surface area contributed by atoms with E-state index in [1.54, 1.807) is 19.1 Å². The number of aromatic nitrogens is 1. The van der Waals surface area contributed by atoms with Crippen molar-refractivity contribution in [2.75, 3.05) is 0 Å². The van der Waals surface area contributed by atoms with Gasteiger partial charge in [-0.05, 0) is 34.5 Å². The molecule has 90 valence electrons. The largest absolute Gasteiger partial charge is 0.431 e.